The lowest BCUT2D eigenvalue weighted by Gasteiger charge is -2.18. The third-order valence-electron chi connectivity index (χ3n) is 5.53. The fourth-order valence-electron chi connectivity index (χ4n) is 3.72. The van der Waals surface area contributed by atoms with Gasteiger partial charge in [-0.3, -0.25) is 9.59 Å². The van der Waals surface area contributed by atoms with E-state index in [0.29, 0.717) is 30.0 Å². The Morgan fingerprint density at radius 2 is 1.67 bits per heavy atom. The number of carbonyl (C=O) groups is 2. The molecule has 0 aliphatic rings. The third kappa shape index (κ3) is 5.23. The number of fused-ring (bicyclic) bond motifs is 1. The number of carbonyl (C=O) groups excluding carboxylic acids is 2. The average Bonchev–Trinajstić information content (AvgIpc) is 3.19. The Hall–Kier alpha value is -3.64. The van der Waals surface area contributed by atoms with Crippen LogP contribution in [0.15, 0.2) is 78.9 Å². The number of halogens is 1. The number of anilines is 1. The van der Waals surface area contributed by atoms with Crippen molar-refractivity contribution in [1.29, 1.82) is 0 Å². The van der Waals surface area contributed by atoms with Crippen molar-refractivity contribution in [3.05, 3.63) is 95.3 Å². The van der Waals surface area contributed by atoms with Gasteiger partial charge in [-0.25, -0.2) is 4.98 Å². The van der Waals surface area contributed by atoms with Crippen LogP contribution in [0.2, 0.25) is 5.02 Å². The monoisotopic (exact) mass is 460 g/mol. The lowest BCUT2D eigenvalue weighted by molar-refractivity contribution is -0.118. The van der Waals surface area contributed by atoms with E-state index in [9.17, 15) is 9.59 Å². The summed E-state index contributed by atoms with van der Waals surface area (Å²) in [5.74, 6) is 0.587. The first-order valence-corrected chi connectivity index (χ1v) is 11.2. The molecular weight excluding hydrogens is 436 g/mol. The molecule has 4 aromatic rings. The molecule has 0 spiro atoms. The molecule has 6 nitrogen and oxygen atoms in total. The molecular formula is C26H25ClN4O2. The molecule has 0 bridgehead atoms. The third-order valence-corrected chi connectivity index (χ3v) is 5.86. The number of hydrogen-bond acceptors (Lipinski definition) is 3. The van der Waals surface area contributed by atoms with Crippen molar-refractivity contribution in [3.8, 4) is 0 Å². The smallest absolute Gasteiger partial charge is 0.252 e. The number of imidazole rings is 1. The molecule has 0 atom stereocenters. The lowest BCUT2D eigenvalue weighted by Crippen LogP contribution is -2.30. The van der Waals surface area contributed by atoms with Crippen molar-refractivity contribution in [3.63, 3.8) is 0 Å². The van der Waals surface area contributed by atoms with Crippen molar-refractivity contribution >= 4 is 40.1 Å². The van der Waals surface area contributed by atoms with E-state index in [2.05, 4.69) is 5.32 Å². The highest BCUT2D eigenvalue weighted by molar-refractivity contribution is 6.33. The van der Waals surface area contributed by atoms with Crippen LogP contribution in [-0.4, -0.2) is 35.0 Å². The minimum atomic E-state index is -0.200. The number of rotatable bonds is 8. The van der Waals surface area contributed by atoms with Gasteiger partial charge >= 0.3 is 0 Å². The van der Waals surface area contributed by atoms with Crippen LogP contribution in [0.1, 0.15) is 22.6 Å². The number of para-hydroxylation sites is 3. The summed E-state index contributed by atoms with van der Waals surface area (Å²) in [7, 11) is 1.78. The first-order valence-electron chi connectivity index (χ1n) is 10.8. The van der Waals surface area contributed by atoms with Crippen LogP contribution in [0.25, 0.3) is 11.0 Å². The molecule has 1 aromatic heterocycles. The van der Waals surface area contributed by atoms with E-state index in [4.69, 9.17) is 16.6 Å². The summed E-state index contributed by atoms with van der Waals surface area (Å²) >= 11 is 6.10. The highest BCUT2D eigenvalue weighted by Gasteiger charge is 2.17. The zero-order valence-corrected chi connectivity index (χ0v) is 19.1. The Kier molecular flexibility index (Phi) is 7.05. The Labute approximate surface area is 197 Å². The minimum Gasteiger partial charge on any atom is -0.352 e. The van der Waals surface area contributed by atoms with Crippen LogP contribution in [-0.2, 0) is 17.8 Å². The molecule has 1 heterocycles. The molecule has 0 unspecified atom stereocenters. The van der Waals surface area contributed by atoms with Crippen molar-refractivity contribution in [2.24, 2.45) is 0 Å². The standard InChI is InChI=1S/C26H25ClN4O2/c1-30(19-10-3-2-4-11-19)25(32)18-31-23-15-8-7-14-22(23)29-24(31)16-9-17-28-26(33)20-12-5-6-13-21(20)27/h2-8,10-15H,9,16-18H2,1H3,(H,28,33). The molecule has 33 heavy (non-hydrogen) atoms. The van der Waals surface area contributed by atoms with Gasteiger partial charge in [0.15, 0.2) is 0 Å². The highest BCUT2D eigenvalue weighted by Crippen LogP contribution is 2.19. The van der Waals surface area contributed by atoms with Crippen molar-refractivity contribution < 1.29 is 9.59 Å². The van der Waals surface area contributed by atoms with Crippen molar-refractivity contribution in [2.45, 2.75) is 19.4 Å². The number of amides is 2. The Morgan fingerprint density at radius 3 is 2.45 bits per heavy atom. The van der Waals surface area contributed by atoms with Gasteiger partial charge in [-0.1, -0.05) is 54.1 Å². The zero-order chi connectivity index (χ0) is 23.2. The number of nitrogens with one attached hydrogen (secondary N) is 1. The van der Waals surface area contributed by atoms with Gasteiger partial charge in [0.05, 0.1) is 21.6 Å². The quantitative estimate of drug-likeness (QED) is 0.387. The molecule has 0 aliphatic heterocycles. The Bertz CT molecular complexity index is 1270. The molecule has 0 aliphatic carbocycles. The molecule has 0 radical (unpaired) electrons. The van der Waals surface area contributed by atoms with E-state index >= 15 is 0 Å². The van der Waals surface area contributed by atoms with E-state index in [-0.39, 0.29) is 18.4 Å². The SMILES string of the molecule is CN(C(=O)Cn1c(CCCNC(=O)c2ccccc2Cl)nc2ccccc21)c1ccccc1. The second kappa shape index (κ2) is 10.3. The maximum absolute atomic E-state index is 13.0. The molecule has 168 valence electrons. The summed E-state index contributed by atoms with van der Waals surface area (Å²) < 4.78 is 1.97. The van der Waals surface area contributed by atoms with Crippen LogP contribution in [0.4, 0.5) is 5.69 Å². The fraction of sp³-hybridized carbons (Fsp3) is 0.192. The van der Waals surface area contributed by atoms with Crippen LogP contribution in [0.3, 0.4) is 0 Å². The van der Waals surface area contributed by atoms with E-state index in [1.165, 1.54) is 0 Å². The first-order chi connectivity index (χ1) is 16.0. The van der Waals surface area contributed by atoms with Crippen molar-refractivity contribution in [2.75, 3.05) is 18.5 Å². The Morgan fingerprint density at radius 1 is 0.970 bits per heavy atom. The van der Waals surface area contributed by atoms with Crippen LogP contribution in [0, 0.1) is 0 Å². The number of nitrogens with zero attached hydrogens (tertiary/aromatic N) is 3. The van der Waals surface area contributed by atoms with Gasteiger partial charge in [0.25, 0.3) is 5.91 Å². The van der Waals surface area contributed by atoms with Crippen molar-refractivity contribution in [1.82, 2.24) is 14.9 Å². The molecule has 2 amide bonds. The minimum absolute atomic E-state index is 0.0300. The maximum atomic E-state index is 13.0. The number of likely N-dealkylation sites (N-methyl/N-ethyl adjacent to an activating group) is 1. The normalized spacial score (nSPS) is 10.8. The molecule has 0 fully saturated rings. The second-order valence-corrected chi connectivity index (χ2v) is 8.14. The lowest BCUT2D eigenvalue weighted by atomic mass is 10.2. The number of hydrogen-bond donors (Lipinski definition) is 1. The summed E-state index contributed by atoms with van der Waals surface area (Å²) in [6.07, 6.45) is 1.31. The maximum Gasteiger partial charge on any atom is 0.252 e. The van der Waals surface area contributed by atoms with Gasteiger partial charge in [-0.05, 0) is 42.8 Å². The second-order valence-electron chi connectivity index (χ2n) is 7.73. The first kappa shape index (κ1) is 22.6. The van der Waals surface area contributed by atoms with E-state index in [0.717, 1.165) is 22.5 Å². The van der Waals surface area contributed by atoms with Gasteiger partial charge in [-0.15, -0.1) is 0 Å². The van der Waals surface area contributed by atoms with Gasteiger partial charge < -0.3 is 14.8 Å². The van der Waals surface area contributed by atoms with Crippen LogP contribution >= 0.6 is 11.6 Å². The summed E-state index contributed by atoms with van der Waals surface area (Å²) in [6.45, 7) is 0.665. The summed E-state index contributed by atoms with van der Waals surface area (Å²) in [5, 5.41) is 3.34. The van der Waals surface area contributed by atoms with Gasteiger partial charge in [0.2, 0.25) is 5.91 Å². The van der Waals surface area contributed by atoms with E-state index in [1.807, 2.05) is 59.2 Å². The van der Waals surface area contributed by atoms with Gasteiger partial charge in [-0.2, -0.15) is 0 Å². The summed E-state index contributed by atoms with van der Waals surface area (Å²) in [4.78, 5) is 31.8. The molecule has 7 heteroatoms. The van der Waals surface area contributed by atoms with Crippen LogP contribution in [0.5, 0.6) is 0 Å². The highest BCUT2D eigenvalue weighted by atomic mass is 35.5. The Balaban J connectivity index is 1.44. The molecule has 3 aromatic carbocycles. The van der Waals surface area contributed by atoms with Gasteiger partial charge in [0, 0.05) is 25.7 Å². The number of benzene rings is 3. The topological polar surface area (TPSA) is 67.2 Å². The molecule has 4 rings (SSSR count). The molecule has 0 saturated heterocycles. The van der Waals surface area contributed by atoms with E-state index in [1.54, 1.807) is 36.2 Å². The molecule has 0 saturated carbocycles. The molecule has 1 N–H and O–H groups in total. The fourth-order valence-corrected chi connectivity index (χ4v) is 3.94. The summed E-state index contributed by atoms with van der Waals surface area (Å²) in [5.41, 5.74) is 3.07. The predicted octanol–water partition coefficient (Wildman–Crippen LogP) is 4.72. The summed E-state index contributed by atoms with van der Waals surface area (Å²) in [6, 6.07) is 24.3. The van der Waals surface area contributed by atoms with Gasteiger partial charge in [0.1, 0.15) is 12.4 Å². The van der Waals surface area contributed by atoms with E-state index < -0.39 is 0 Å². The largest absolute Gasteiger partial charge is 0.352 e. The predicted molar refractivity (Wildman–Crippen MR) is 132 cm³/mol. The number of aryl methyl sites for hydroxylation is 1. The zero-order valence-electron chi connectivity index (χ0n) is 18.4. The number of aromatic nitrogens is 2. The van der Waals surface area contributed by atoms with Crippen LogP contribution < -0.4 is 10.2 Å². The average molecular weight is 461 g/mol.